The first-order chi connectivity index (χ1) is 13.9. The lowest BCUT2D eigenvalue weighted by atomic mass is 9.95. The molecule has 1 amide bonds. The molecule has 0 aliphatic heterocycles. The van der Waals surface area contributed by atoms with Gasteiger partial charge in [0.15, 0.2) is 0 Å². The summed E-state index contributed by atoms with van der Waals surface area (Å²) >= 11 is 1.44. The predicted molar refractivity (Wildman–Crippen MR) is 118 cm³/mol. The number of sulfonamides is 1. The first-order valence-corrected chi connectivity index (χ1v) is 12.1. The van der Waals surface area contributed by atoms with Crippen LogP contribution in [0.2, 0.25) is 0 Å². The summed E-state index contributed by atoms with van der Waals surface area (Å²) in [7, 11) is -2.08. The Morgan fingerprint density at radius 3 is 2.48 bits per heavy atom. The molecule has 0 unspecified atom stereocenters. The maximum Gasteiger partial charge on any atom is 0.264 e. The number of hydrogen-bond donors (Lipinski definition) is 1. The minimum Gasteiger partial charge on any atom is -0.349 e. The molecule has 3 aromatic rings. The van der Waals surface area contributed by atoms with E-state index in [2.05, 4.69) is 5.32 Å². The molecule has 7 heteroatoms. The maximum absolute atomic E-state index is 12.9. The largest absolute Gasteiger partial charge is 0.349 e. The molecule has 0 atom stereocenters. The summed E-state index contributed by atoms with van der Waals surface area (Å²) in [6.07, 6.45) is 5.68. The Morgan fingerprint density at radius 1 is 1.03 bits per heavy atom. The lowest BCUT2D eigenvalue weighted by Gasteiger charge is -2.22. The van der Waals surface area contributed by atoms with Gasteiger partial charge in [0.1, 0.15) is 0 Å². The van der Waals surface area contributed by atoms with Gasteiger partial charge in [-0.3, -0.25) is 9.10 Å². The number of rotatable bonds is 5. The van der Waals surface area contributed by atoms with Crippen LogP contribution in [0.1, 0.15) is 41.8 Å². The number of hydrogen-bond acceptors (Lipinski definition) is 4. The number of nitrogens with one attached hydrogen (secondary N) is 1. The Balaban J connectivity index is 1.57. The van der Waals surface area contributed by atoms with Crippen LogP contribution in [0.5, 0.6) is 0 Å². The third kappa shape index (κ3) is 4.16. The van der Waals surface area contributed by atoms with Crippen molar-refractivity contribution in [1.82, 2.24) is 5.32 Å². The van der Waals surface area contributed by atoms with Crippen LogP contribution in [0, 0.1) is 0 Å². The van der Waals surface area contributed by atoms with Gasteiger partial charge in [-0.2, -0.15) is 0 Å². The van der Waals surface area contributed by atoms with Crippen LogP contribution in [-0.4, -0.2) is 27.4 Å². The first kappa shape index (κ1) is 19.9. The highest BCUT2D eigenvalue weighted by Gasteiger charge is 2.22. The molecule has 0 radical (unpaired) electrons. The predicted octanol–water partition coefficient (Wildman–Crippen LogP) is 4.79. The van der Waals surface area contributed by atoms with E-state index in [0.717, 1.165) is 22.9 Å². The lowest BCUT2D eigenvalue weighted by molar-refractivity contribution is 0.0932. The number of thiophene rings is 1. The van der Waals surface area contributed by atoms with Gasteiger partial charge in [-0.05, 0) is 54.6 Å². The van der Waals surface area contributed by atoms with Crippen molar-refractivity contribution in [3.8, 4) is 0 Å². The molecule has 1 N–H and O–H groups in total. The Morgan fingerprint density at radius 2 is 1.76 bits per heavy atom. The van der Waals surface area contributed by atoms with Gasteiger partial charge in [0.05, 0.1) is 15.5 Å². The van der Waals surface area contributed by atoms with Crippen LogP contribution < -0.4 is 9.62 Å². The van der Waals surface area contributed by atoms with Crippen molar-refractivity contribution in [2.45, 2.75) is 43.0 Å². The van der Waals surface area contributed by atoms with Gasteiger partial charge < -0.3 is 5.32 Å². The third-order valence-corrected chi connectivity index (χ3v) is 8.34. The van der Waals surface area contributed by atoms with E-state index in [0.29, 0.717) is 10.6 Å². The molecule has 0 bridgehead atoms. The van der Waals surface area contributed by atoms with E-state index in [4.69, 9.17) is 0 Å². The topological polar surface area (TPSA) is 66.5 Å². The van der Waals surface area contributed by atoms with Gasteiger partial charge >= 0.3 is 0 Å². The molecule has 4 rings (SSSR count). The second-order valence-corrected chi connectivity index (χ2v) is 10.5. The van der Waals surface area contributed by atoms with Gasteiger partial charge in [-0.15, -0.1) is 11.3 Å². The fourth-order valence-electron chi connectivity index (χ4n) is 3.73. The number of benzene rings is 2. The molecule has 1 aromatic heterocycles. The molecule has 1 fully saturated rings. The molecule has 1 aliphatic carbocycles. The van der Waals surface area contributed by atoms with Crippen molar-refractivity contribution in [3.63, 3.8) is 0 Å². The quantitative estimate of drug-likeness (QED) is 0.635. The highest BCUT2D eigenvalue weighted by atomic mass is 32.2. The highest BCUT2D eigenvalue weighted by molar-refractivity contribution is 7.92. The number of fused-ring (bicyclic) bond motifs is 1. The molecule has 1 aliphatic rings. The average Bonchev–Trinajstić information content (AvgIpc) is 3.18. The fraction of sp³-hybridized carbons (Fsp3) is 0.318. The van der Waals surface area contributed by atoms with Gasteiger partial charge in [-0.25, -0.2) is 8.42 Å². The standard InChI is InChI=1S/C22H24N2O3S2/c1-24(29(26,27)19-10-6-3-7-11-19)18-12-13-20-16(14-18)15-21(28-20)22(25)23-17-8-4-2-5-9-17/h3,6-7,10-15,17H,2,4-5,8-9H2,1H3,(H,23,25). The third-order valence-electron chi connectivity index (χ3n) is 5.43. The van der Waals surface area contributed by atoms with Crippen molar-refractivity contribution in [2.75, 3.05) is 11.4 Å². The summed E-state index contributed by atoms with van der Waals surface area (Å²) in [5.74, 6) is -0.0371. The minimum absolute atomic E-state index is 0.0371. The van der Waals surface area contributed by atoms with Crippen molar-refractivity contribution >= 4 is 43.0 Å². The second-order valence-electron chi connectivity index (χ2n) is 7.43. The molecule has 0 saturated heterocycles. The molecule has 152 valence electrons. The number of nitrogens with zero attached hydrogens (tertiary/aromatic N) is 1. The van der Waals surface area contributed by atoms with Gasteiger partial charge in [0.25, 0.3) is 15.9 Å². The van der Waals surface area contributed by atoms with Crippen molar-refractivity contribution in [1.29, 1.82) is 0 Å². The van der Waals surface area contributed by atoms with E-state index in [1.165, 1.54) is 34.9 Å². The molecular formula is C22H24N2O3S2. The SMILES string of the molecule is CN(c1ccc2sc(C(=O)NC3CCCCC3)cc2c1)S(=O)(=O)c1ccccc1. The summed E-state index contributed by atoms with van der Waals surface area (Å²) in [6.45, 7) is 0. The fourth-order valence-corrected chi connectivity index (χ4v) is 5.89. The molecule has 1 saturated carbocycles. The smallest absolute Gasteiger partial charge is 0.264 e. The van der Waals surface area contributed by atoms with E-state index < -0.39 is 10.0 Å². The molecule has 5 nitrogen and oxygen atoms in total. The molecular weight excluding hydrogens is 404 g/mol. The molecule has 0 spiro atoms. The Kier molecular flexibility index (Phi) is 5.61. The van der Waals surface area contributed by atoms with Crippen LogP contribution in [0.25, 0.3) is 10.1 Å². The normalized spacial score (nSPS) is 15.3. The zero-order chi connectivity index (χ0) is 20.4. The van der Waals surface area contributed by atoms with Crippen LogP contribution in [-0.2, 0) is 10.0 Å². The maximum atomic E-state index is 12.9. The highest BCUT2D eigenvalue weighted by Crippen LogP contribution is 2.31. The molecule has 2 aromatic carbocycles. The van der Waals surface area contributed by atoms with E-state index in [-0.39, 0.29) is 16.8 Å². The zero-order valence-electron chi connectivity index (χ0n) is 16.3. The molecule has 1 heterocycles. The summed E-state index contributed by atoms with van der Waals surface area (Å²) in [5.41, 5.74) is 0.568. The monoisotopic (exact) mass is 428 g/mol. The van der Waals surface area contributed by atoms with Crippen LogP contribution >= 0.6 is 11.3 Å². The van der Waals surface area contributed by atoms with Crippen LogP contribution in [0.3, 0.4) is 0 Å². The lowest BCUT2D eigenvalue weighted by Crippen LogP contribution is -2.35. The van der Waals surface area contributed by atoms with Crippen molar-refractivity contribution in [2.24, 2.45) is 0 Å². The van der Waals surface area contributed by atoms with Crippen LogP contribution in [0.4, 0.5) is 5.69 Å². The average molecular weight is 429 g/mol. The van der Waals surface area contributed by atoms with E-state index in [9.17, 15) is 13.2 Å². The zero-order valence-corrected chi connectivity index (χ0v) is 17.9. The van der Waals surface area contributed by atoms with E-state index in [1.54, 1.807) is 43.4 Å². The number of anilines is 1. The Hall–Kier alpha value is -2.38. The van der Waals surface area contributed by atoms with Gasteiger partial charge in [0.2, 0.25) is 0 Å². The Labute approximate surface area is 175 Å². The Bertz CT molecular complexity index is 1120. The van der Waals surface area contributed by atoms with E-state index >= 15 is 0 Å². The molecule has 29 heavy (non-hydrogen) atoms. The summed E-state index contributed by atoms with van der Waals surface area (Å²) in [5, 5.41) is 4.02. The first-order valence-electron chi connectivity index (χ1n) is 9.83. The van der Waals surface area contributed by atoms with Crippen LogP contribution in [0.15, 0.2) is 59.5 Å². The summed E-state index contributed by atoms with van der Waals surface area (Å²) < 4.78 is 28.0. The number of amides is 1. The van der Waals surface area contributed by atoms with Gasteiger partial charge in [0, 0.05) is 17.8 Å². The number of carbonyl (C=O) groups excluding carboxylic acids is 1. The van der Waals surface area contributed by atoms with E-state index in [1.807, 2.05) is 18.2 Å². The number of carbonyl (C=O) groups is 1. The van der Waals surface area contributed by atoms with Gasteiger partial charge in [-0.1, -0.05) is 37.5 Å². The second kappa shape index (κ2) is 8.16. The summed E-state index contributed by atoms with van der Waals surface area (Å²) in [6, 6.07) is 16.0. The summed E-state index contributed by atoms with van der Waals surface area (Å²) in [4.78, 5) is 13.6. The minimum atomic E-state index is -3.63. The van der Waals surface area contributed by atoms with Crippen molar-refractivity contribution in [3.05, 3.63) is 59.5 Å². The van der Waals surface area contributed by atoms with Crippen molar-refractivity contribution < 1.29 is 13.2 Å².